The van der Waals surface area contributed by atoms with E-state index in [9.17, 15) is 9.59 Å². The molecule has 0 fully saturated rings. The summed E-state index contributed by atoms with van der Waals surface area (Å²) in [7, 11) is 1.59. The summed E-state index contributed by atoms with van der Waals surface area (Å²) in [6.45, 7) is 0.193. The number of ether oxygens (including phenoxy) is 1. The first-order chi connectivity index (χ1) is 10.6. The third-order valence-electron chi connectivity index (χ3n) is 3.13. The summed E-state index contributed by atoms with van der Waals surface area (Å²) in [5.74, 6) is -0.911. The highest BCUT2D eigenvalue weighted by Gasteiger charge is 2.13. The van der Waals surface area contributed by atoms with E-state index in [2.05, 4.69) is 0 Å². The van der Waals surface area contributed by atoms with E-state index in [1.165, 1.54) is 4.90 Å². The molecule has 2 rings (SSSR count). The molecule has 114 valence electrons. The van der Waals surface area contributed by atoms with Gasteiger partial charge in [-0.15, -0.1) is 0 Å². The van der Waals surface area contributed by atoms with Crippen LogP contribution < -0.4 is 4.90 Å². The zero-order chi connectivity index (χ0) is 15.9. The molecule has 22 heavy (non-hydrogen) atoms. The molecule has 2 aromatic carbocycles. The molecule has 0 aliphatic heterocycles. The van der Waals surface area contributed by atoms with Crippen LogP contribution in [0.1, 0.15) is 11.1 Å². The van der Waals surface area contributed by atoms with Gasteiger partial charge in [0.2, 0.25) is 0 Å². The second-order valence-electron chi connectivity index (χ2n) is 4.84. The van der Waals surface area contributed by atoms with Crippen molar-refractivity contribution < 1.29 is 19.4 Å². The Balaban J connectivity index is 1.99. The number of benzene rings is 2. The van der Waals surface area contributed by atoms with Gasteiger partial charge >= 0.3 is 12.1 Å². The monoisotopic (exact) mass is 299 g/mol. The van der Waals surface area contributed by atoms with Crippen LogP contribution in [0.2, 0.25) is 0 Å². The standard InChI is InChI=1S/C17H17NO4/c1-18(15-9-5-8-14(10-15)11-16(19)20)17(21)22-12-13-6-3-2-4-7-13/h2-10H,11-12H2,1H3,(H,19,20). The lowest BCUT2D eigenvalue weighted by Gasteiger charge is -2.17. The molecular weight excluding hydrogens is 282 g/mol. The van der Waals surface area contributed by atoms with E-state index in [1.807, 2.05) is 30.3 Å². The van der Waals surface area contributed by atoms with Crippen molar-refractivity contribution in [2.75, 3.05) is 11.9 Å². The number of nitrogens with zero attached hydrogens (tertiary/aromatic N) is 1. The lowest BCUT2D eigenvalue weighted by Crippen LogP contribution is -2.27. The highest BCUT2D eigenvalue weighted by molar-refractivity contribution is 5.87. The zero-order valence-electron chi connectivity index (χ0n) is 12.2. The molecule has 5 nitrogen and oxygen atoms in total. The maximum absolute atomic E-state index is 12.0. The molecule has 0 spiro atoms. The Labute approximate surface area is 128 Å². The largest absolute Gasteiger partial charge is 0.481 e. The minimum absolute atomic E-state index is 0.0826. The van der Waals surface area contributed by atoms with E-state index < -0.39 is 12.1 Å². The summed E-state index contributed by atoms with van der Waals surface area (Å²) in [5.41, 5.74) is 2.13. The molecule has 0 saturated heterocycles. The van der Waals surface area contributed by atoms with Crippen LogP contribution in [0.5, 0.6) is 0 Å². The number of carbonyl (C=O) groups is 2. The van der Waals surface area contributed by atoms with E-state index in [1.54, 1.807) is 31.3 Å². The first kappa shape index (κ1) is 15.6. The van der Waals surface area contributed by atoms with Gasteiger partial charge in [0.25, 0.3) is 0 Å². The second kappa shape index (κ2) is 7.26. The summed E-state index contributed by atoms with van der Waals surface area (Å²) in [5, 5.41) is 8.81. The summed E-state index contributed by atoms with van der Waals surface area (Å²) < 4.78 is 5.24. The number of hydrogen-bond donors (Lipinski definition) is 1. The number of amides is 1. The van der Waals surface area contributed by atoms with Crippen LogP contribution in [-0.4, -0.2) is 24.2 Å². The fourth-order valence-electron chi connectivity index (χ4n) is 1.97. The van der Waals surface area contributed by atoms with Crippen LogP contribution in [0, 0.1) is 0 Å². The number of carboxylic acids is 1. The molecule has 0 radical (unpaired) electrons. The van der Waals surface area contributed by atoms with E-state index in [4.69, 9.17) is 9.84 Å². The lowest BCUT2D eigenvalue weighted by molar-refractivity contribution is -0.136. The van der Waals surface area contributed by atoms with E-state index in [0.29, 0.717) is 11.3 Å². The zero-order valence-corrected chi connectivity index (χ0v) is 12.2. The van der Waals surface area contributed by atoms with Gasteiger partial charge < -0.3 is 9.84 Å². The molecule has 0 atom stereocenters. The fraction of sp³-hybridized carbons (Fsp3) is 0.176. The molecule has 5 heteroatoms. The van der Waals surface area contributed by atoms with Crippen molar-refractivity contribution in [1.29, 1.82) is 0 Å². The third kappa shape index (κ3) is 4.34. The van der Waals surface area contributed by atoms with Crippen molar-refractivity contribution in [2.45, 2.75) is 13.0 Å². The molecular formula is C17H17NO4. The Hall–Kier alpha value is -2.82. The van der Waals surface area contributed by atoms with Gasteiger partial charge in [0.1, 0.15) is 6.61 Å². The van der Waals surface area contributed by atoms with Gasteiger partial charge in [0.05, 0.1) is 6.42 Å². The molecule has 0 aliphatic carbocycles. The average Bonchev–Trinajstić information content (AvgIpc) is 2.52. The Morgan fingerprint density at radius 3 is 2.41 bits per heavy atom. The van der Waals surface area contributed by atoms with Crippen LogP contribution in [-0.2, 0) is 22.6 Å². The van der Waals surface area contributed by atoms with E-state index in [-0.39, 0.29) is 13.0 Å². The molecule has 1 amide bonds. The number of carbonyl (C=O) groups excluding carboxylic acids is 1. The van der Waals surface area contributed by atoms with Crippen molar-refractivity contribution in [2.24, 2.45) is 0 Å². The molecule has 2 aromatic rings. The maximum Gasteiger partial charge on any atom is 0.414 e. The topological polar surface area (TPSA) is 66.8 Å². The number of hydrogen-bond acceptors (Lipinski definition) is 3. The first-order valence-electron chi connectivity index (χ1n) is 6.81. The summed E-state index contributed by atoms with van der Waals surface area (Å²) in [6, 6.07) is 16.2. The van der Waals surface area contributed by atoms with E-state index in [0.717, 1.165) is 5.56 Å². The van der Waals surface area contributed by atoms with Crippen molar-refractivity contribution in [3.8, 4) is 0 Å². The minimum Gasteiger partial charge on any atom is -0.481 e. The molecule has 1 N–H and O–H groups in total. The second-order valence-corrected chi connectivity index (χ2v) is 4.84. The Kier molecular flexibility index (Phi) is 5.14. The molecule has 0 saturated carbocycles. The van der Waals surface area contributed by atoms with Gasteiger partial charge in [-0.1, -0.05) is 42.5 Å². The van der Waals surface area contributed by atoms with Gasteiger partial charge in [0, 0.05) is 12.7 Å². The number of aliphatic carboxylic acids is 1. The minimum atomic E-state index is -0.911. The lowest BCUT2D eigenvalue weighted by atomic mass is 10.1. The average molecular weight is 299 g/mol. The van der Waals surface area contributed by atoms with Gasteiger partial charge in [0.15, 0.2) is 0 Å². The highest BCUT2D eigenvalue weighted by Crippen LogP contribution is 2.16. The number of rotatable bonds is 5. The van der Waals surface area contributed by atoms with Crippen LogP contribution >= 0.6 is 0 Å². The van der Waals surface area contributed by atoms with Gasteiger partial charge in [-0.2, -0.15) is 0 Å². The van der Waals surface area contributed by atoms with Crippen molar-refractivity contribution in [3.05, 3.63) is 65.7 Å². The predicted octanol–water partition coefficient (Wildman–Crippen LogP) is 3.09. The summed E-state index contributed by atoms with van der Waals surface area (Å²) in [4.78, 5) is 24.1. The van der Waals surface area contributed by atoms with Gasteiger partial charge in [-0.25, -0.2) is 4.79 Å². The summed E-state index contributed by atoms with van der Waals surface area (Å²) >= 11 is 0. The van der Waals surface area contributed by atoms with Crippen molar-refractivity contribution >= 4 is 17.7 Å². The van der Waals surface area contributed by atoms with Crippen molar-refractivity contribution in [1.82, 2.24) is 0 Å². The molecule has 0 heterocycles. The normalized spacial score (nSPS) is 10.0. The van der Waals surface area contributed by atoms with Gasteiger partial charge in [-0.05, 0) is 23.3 Å². The molecule has 0 bridgehead atoms. The molecule has 0 aliphatic rings. The molecule has 0 aromatic heterocycles. The smallest absolute Gasteiger partial charge is 0.414 e. The summed E-state index contributed by atoms with van der Waals surface area (Å²) in [6.07, 6.45) is -0.572. The first-order valence-corrected chi connectivity index (χ1v) is 6.81. The fourth-order valence-corrected chi connectivity index (χ4v) is 1.97. The number of anilines is 1. The maximum atomic E-state index is 12.0. The third-order valence-corrected chi connectivity index (χ3v) is 3.13. The quantitative estimate of drug-likeness (QED) is 0.921. The highest BCUT2D eigenvalue weighted by atomic mass is 16.6. The van der Waals surface area contributed by atoms with E-state index >= 15 is 0 Å². The predicted molar refractivity (Wildman–Crippen MR) is 82.8 cm³/mol. The number of carboxylic acid groups (broad SMARTS) is 1. The van der Waals surface area contributed by atoms with Crippen LogP contribution in [0.4, 0.5) is 10.5 Å². The van der Waals surface area contributed by atoms with Crippen LogP contribution in [0.3, 0.4) is 0 Å². The Bertz CT molecular complexity index is 655. The molecule has 0 unspecified atom stereocenters. The Morgan fingerprint density at radius 1 is 1.05 bits per heavy atom. The van der Waals surface area contributed by atoms with Crippen LogP contribution in [0.25, 0.3) is 0 Å². The SMILES string of the molecule is CN(C(=O)OCc1ccccc1)c1cccc(CC(=O)O)c1. The van der Waals surface area contributed by atoms with Crippen molar-refractivity contribution in [3.63, 3.8) is 0 Å². The van der Waals surface area contributed by atoms with Crippen LogP contribution in [0.15, 0.2) is 54.6 Å². The van der Waals surface area contributed by atoms with Gasteiger partial charge in [-0.3, -0.25) is 9.69 Å². The Morgan fingerprint density at radius 2 is 1.73 bits per heavy atom.